The van der Waals surface area contributed by atoms with Crippen LogP contribution in [-0.2, 0) is 0 Å². The highest BCUT2D eigenvalue weighted by Crippen LogP contribution is 2.35. The standard InChI is InChI=1S/C15H10ClFO2/c16-10-3-1-9(2-4-10)15-8-13(18)12-7-11(17)5-6-14(12)19-15/h1-7,15H,8H2. The first kappa shape index (κ1) is 12.2. The van der Waals surface area contributed by atoms with Crippen molar-refractivity contribution in [1.82, 2.24) is 0 Å². The zero-order valence-electron chi connectivity index (χ0n) is 9.90. The summed E-state index contributed by atoms with van der Waals surface area (Å²) in [5, 5.41) is 0.633. The molecule has 2 aromatic rings. The van der Waals surface area contributed by atoms with Crippen LogP contribution >= 0.6 is 11.6 Å². The van der Waals surface area contributed by atoms with E-state index >= 15 is 0 Å². The molecule has 1 aliphatic heterocycles. The number of benzene rings is 2. The molecule has 0 amide bonds. The normalized spacial score (nSPS) is 17.8. The van der Waals surface area contributed by atoms with Crippen molar-refractivity contribution in [3.63, 3.8) is 0 Å². The Hall–Kier alpha value is -1.87. The van der Waals surface area contributed by atoms with E-state index < -0.39 is 5.82 Å². The number of ketones is 1. The molecule has 0 saturated carbocycles. The summed E-state index contributed by atoms with van der Waals surface area (Å²) >= 11 is 5.83. The third-order valence-electron chi connectivity index (χ3n) is 3.12. The lowest BCUT2D eigenvalue weighted by Crippen LogP contribution is -2.20. The SMILES string of the molecule is O=C1CC(c2ccc(Cl)cc2)Oc2ccc(F)cc21. The van der Waals surface area contributed by atoms with Crippen molar-refractivity contribution in [2.75, 3.05) is 0 Å². The second-order valence-electron chi connectivity index (χ2n) is 4.43. The minimum Gasteiger partial charge on any atom is -0.484 e. The Morgan fingerprint density at radius 2 is 1.89 bits per heavy atom. The molecule has 0 aliphatic carbocycles. The van der Waals surface area contributed by atoms with Gasteiger partial charge in [0.25, 0.3) is 0 Å². The Labute approximate surface area is 114 Å². The average Bonchev–Trinajstić information content (AvgIpc) is 2.40. The van der Waals surface area contributed by atoms with Gasteiger partial charge in [0, 0.05) is 5.02 Å². The van der Waals surface area contributed by atoms with E-state index in [-0.39, 0.29) is 18.3 Å². The summed E-state index contributed by atoms with van der Waals surface area (Å²) in [6.45, 7) is 0. The fraction of sp³-hybridized carbons (Fsp3) is 0.133. The number of Topliss-reactive ketones (excluding diaryl/α,β-unsaturated/α-hetero) is 1. The van der Waals surface area contributed by atoms with Crippen LogP contribution in [0, 0.1) is 5.82 Å². The van der Waals surface area contributed by atoms with E-state index in [2.05, 4.69) is 0 Å². The van der Waals surface area contributed by atoms with Gasteiger partial charge in [-0.25, -0.2) is 4.39 Å². The van der Waals surface area contributed by atoms with Crippen LogP contribution in [0.25, 0.3) is 0 Å². The summed E-state index contributed by atoms with van der Waals surface area (Å²) in [5.74, 6) is -0.112. The van der Waals surface area contributed by atoms with Crippen molar-refractivity contribution in [2.45, 2.75) is 12.5 Å². The Morgan fingerprint density at radius 1 is 1.16 bits per heavy atom. The van der Waals surface area contributed by atoms with E-state index in [0.717, 1.165) is 5.56 Å². The van der Waals surface area contributed by atoms with Crippen LogP contribution in [0.15, 0.2) is 42.5 Å². The molecular weight excluding hydrogens is 267 g/mol. The molecule has 1 aliphatic rings. The molecule has 1 unspecified atom stereocenters. The highest BCUT2D eigenvalue weighted by molar-refractivity contribution is 6.30. The largest absolute Gasteiger partial charge is 0.484 e. The number of hydrogen-bond donors (Lipinski definition) is 0. The lowest BCUT2D eigenvalue weighted by molar-refractivity contribution is 0.0849. The summed E-state index contributed by atoms with van der Waals surface area (Å²) in [7, 11) is 0. The van der Waals surface area contributed by atoms with E-state index in [1.807, 2.05) is 12.1 Å². The number of hydrogen-bond acceptors (Lipinski definition) is 2. The first-order valence-electron chi connectivity index (χ1n) is 5.88. The Bertz CT molecular complexity index is 637. The zero-order chi connectivity index (χ0) is 13.4. The molecule has 0 aromatic heterocycles. The summed E-state index contributed by atoms with van der Waals surface area (Å²) in [4.78, 5) is 12.0. The van der Waals surface area contributed by atoms with Crippen LogP contribution in [-0.4, -0.2) is 5.78 Å². The summed E-state index contributed by atoms with van der Waals surface area (Å²) in [6.07, 6.45) is -0.138. The molecule has 0 radical (unpaired) electrons. The lowest BCUT2D eigenvalue weighted by Gasteiger charge is -2.25. The molecule has 1 heterocycles. The van der Waals surface area contributed by atoms with Gasteiger partial charge in [-0.05, 0) is 35.9 Å². The molecule has 4 heteroatoms. The molecule has 0 spiro atoms. The summed E-state index contributed by atoms with van der Waals surface area (Å²) in [5.41, 5.74) is 1.19. The monoisotopic (exact) mass is 276 g/mol. The van der Waals surface area contributed by atoms with Gasteiger partial charge in [-0.1, -0.05) is 23.7 Å². The molecule has 0 fully saturated rings. The van der Waals surface area contributed by atoms with Crippen molar-refractivity contribution in [3.8, 4) is 5.75 Å². The molecule has 1 atom stereocenters. The predicted octanol–water partition coefficient (Wildman–Crippen LogP) is 4.19. The van der Waals surface area contributed by atoms with E-state index in [0.29, 0.717) is 16.3 Å². The van der Waals surface area contributed by atoms with Crippen molar-refractivity contribution >= 4 is 17.4 Å². The van der Waals surface area contributed by atoms with Crippen LogP contribution in [0.4, 0.5) is 4.39 Å². The maximum absolute atomic E-state index is 13.1. The summed E-state index contributed by atoms with van der Waals surface area (Å²) < 4.78 is 18.9. The maximum atomic E-state index is 13.1. The fourth-order valence-corrected chi connectivity index (χ4v) is 2.29. The number of ether oxygens (including phenoxy) is 1. The van der Waals surface area contributed by atoms with Crippen molar-refractivity contribution in [2.24, 2.45) is 0 Å². The Balaban J connectivity index is 1.95. The maximum Gasteiger partial charge on any atom is 0.170 e. The van der Waals surface area contributed by atoms with E-state index in [1.54, 1.807) is 12.1 Å². The molecule has 0 bridgehead atoms. The quantitative estimate of drug-likeness (QED) is 0.781. The minimum absolute atomic E-state index is 0.110. The van der Waals surface area contributed by atoms with Gasteiger partial charge < -0.3 is 4.74 Å². The molecule has 0 N–H and O–H groups in total. The number of fused-ring (bicyclic) bond motifs is 1. The van der Waals surface area contributed by atoms with Gasteiger partial charge in [0.05, 0.1) is 12.0 Å². The van der Waals surface area contributed by atoms with Crippen molar-refractivity contribution in [3.05, 3.63) is 64.4 Å². The molecule has 3 rings (SSSR count). The van der Waals surface area contributed by atoms with Crippen LogP contribution in [0.5, 0.6) is 5.75 Å². The van der Waals surface area contributed by atoms with Crippen molar-refractivity contribution in [1.29, 1.82) is 0 Å². The van der Waals surface area contributed by atoms with Crippen molar-refractivity contribution < 1.29 is 13.9 Å². The number of halogens is 2. The van der Waals surface area contributed by atoms with Crippen LogP contribution in [0.2, 0.25) is 5.02 Å². The van der Waals surface area contributed by atoms with Gasteiger partial charge in [-0.2, -0.15) is 0 Å². The number of carbonyl (C=O) groups is 1. The molecule has 96 valence electrons. The topological polar surface area (TPSA) is 26.3 Å². The second kappa shape index (κ2) is 4.67. The van der Waals surface area contributed by atoms with Gasteiger partial charge >= 0.3 is 0 Å². The third kappa shape index (κ3) is 2.34. The van der Waals surface area contributed by atoms with E-state index in [9.17, 15) is 9.18 Å². The average molecular weight is 277 g/mol. The van der Waals surface area contributed by atoms with E-state index in [4.69, 9.17) is 16.3 Å². The fourth-order valence-electron chi connectivity index (χ4n) is 2.16. The van der Waals surface area contributed by atoms with Gasteiger partial charge in [0.1, 0.15) is 17.7 Å². The molecular formula is C15H10ClFO2. The Kier molecular flexibility index (Phi) is 2.99. The number of rotatable bonds is 1. The van der Waals surface area contributed by atoms with Gasteiger partial charge in [0.15, 0.2) is 5.78 Å². The van der Waals surface area contributed by atoms with Gasteiger partial charge in [-0.3, -0.25) is 4.79 Å². The first-order chi connectivity index (χ1) is 9.13. The lowest BCUT2D eigenvalue weighted by atomic mass is 9.96. The van der Waals surface area contributed by atoms with E-state index in [1.165, 1.54) is 18.2 Å². The predicted molar refractivity (Wildman–Crippen MR) is 70.2 cm³/mol. The third-order valence-corrected chi connectivity index (χ3v) is 3.38. The molecule has 0 saturated heterocycles. The highest BCUT2D eigenvalue weighted by atomic mass is 35.5. The first-order valence-corrected chi connectivity index (χ1v) is 6.26. The summed E-state index contributed by atoms with van der Waals surface area (Å²) in [6, 6.07) is 11.2. The molecule has 2 aromatic carbocycles. The number of carbonyl (C=O) groups excluding carboxylic acids is 1. The van der Waals surface area contributed by atoms with Crippen LogP contribution < -0.4 is 4.74 Å². The molecule has 19 heavy (non-hydrogen) atoms. The van der Waals surface area contributed by atoms with Gasteiger partial charge in [0.2, 0.25) is 0 Å². The molecule has 2 nitrogen and oxygen atoms in total. The zero-order valence-corrected chi connectivity index (χ0v) is 10.7. The Morgan fingerprint density at radius 3 is 2.63 bits per heavy atom. The van der Waals surface area contributed by atoms with Gasteiger partial charge in [-0.15, -0.1) is 0 Å². The minimum atomic E-state index is -0.430. The van der Waals surface area contributed by atoms with Crippen LogP contribution in [0.1, 0.15) is 28.4 Å². The second-order valence-corrected chi connectivity index (χ2v) is 4.86. The smallest absolute Gasteiger partial charge is 0.170 e. The van der Waals surface area contributed by atoms with Crippen LogP contribution in [0.3, 0.4) is 0 Å². The highest BCUT2D eigenvalue weighted by Gasteiger charge is 2.27.